The van der Waals surface area contributed by atoms with Crippen LogP contribution in [-0.4, -0.2) is 19.0 Å². The van der Waals surface area contributed by atoms with Gasteiger partial charge in [-0.25, -0.2) is 0 Å². The second-order valence-electron chi connectivity index (χ2n) is 5.22. The van der Waals surface area contributed by atoms with E-state index in [2.05, 4.69) is 11.4 Å². The molecule has 1 aromatic heterocycles. The fourth-order valence-electron chi connectivity index (χ4n) is 2.08. The first kappa shape index (κ1) is 16.1. The van der Waals surface area contributed by atoms with Crippen LogP contribution in [0.2, 0.25) is 0 Å². The molecule has 0 radical (unpaired) electrons. The summed E-state index contributed by atoms with van der Waals surface area (Å²) in [5.74, 6) is 1.49. The second kappa shape index (κ2) is 7.66. The van der Waals surface area contributed by atoms with Crippen LogP contribution in [0.3, 0.4) is 0 Å². The van der Waals surface area contributed by atoms with Crippen molar-refractivity contribution >= 4 is 5.91 Å². The smallest absolute Gasteiger partial charge is 0.286 e. The zero-order chi connectivity index (χ0) is 15.9. The van der Waals surface area contributed by atoms with Gasteiger partial charge in [-0.05, 0) is 50.6 Å². The van der Waals surface area contributed by atoms with Crippen LogP contribution in [0.15, 0.2) is 34.7 Å². The number of hydrogen-bond donors (Lipinski definition) is 2. The molecule has 2 aromatic rings. The number of furan rings is 1. The molecule has 0 fully saturated rings. The van der Waals surface area contributed by atoms with Crippen molar-refractivity contribution in [3.05, 3.63) is 53.0 Å². The summed E-state index contributed by atoms with van der Waals surface area (Å²) in [5.41, 5.74) is 7.65. The first-order valence-corrected chi connectivity index (χ1v) is 7.37. The zero-order valence-electron chi connectivity index (χ0n) is 13.0. The monoisotopic (exact) mass is 302 g/mol. The SMILES string of the molecule is Cc1ccc(OCc2ccc(C(=O)NCCCN)o2)c(C)c1. The lowest BCUT2D eigenvalue weighted by Gasteiger charge is -2.08. The number of nitrogens with one attached hydrogen (secondary N) is 1. The van der Waals surface area contributed by atoms with E-state index in [1.165, 1.54) is 5.56 Å². The summed E-state index contributed by atoms with van der Waals surface area (Å²) >= 11 is 0. The maximum absolute atomic E-state index is 11.8. The Morgan fingerprint density at radius 3 is 2.82 bits per heavy atom. The number of hydrogen-bond acceptors (Lipinski definition) is 4. The molecule has 0 aliphatic carbocycles. The highest BCUT2D eigenvalue weighted by Gasteiger charge is 2.11. The lowest BCUT2D eigenvalue weighted by molar-refractivity contribution is 0.0921. The molecule has 5 heteroatoms. The van der Waals surface area contributed by atoms with E-state index < -0.39 is 0 Å². The molecule has 0 atom stereocenters. The van der Waals surface area contributed by atoms with Crippen LogP contribution in [0, 0.1) is 13.8 Å². The minimum absolute atomic E-state index is 0.230. The van der Waals surface area contributed by atoms with E-state index in [0.717, 1.165) is 17.7 Å². The zero-order valence-corrected chi connectivity index (χ0v) is 13.0. The minimum Gasteiger partial charge on any atom is -0.485 e. The molecular weight excluding hydrogens is 280 g/mol. The molecule has 118 valence electrons. The maximum atomic E-state index is 11.8. The van der Waals surface area contributed by atoms with E-state index in [0.29, 0.717) is 25.5 Å². The van der Waals surface area contributed by atoms with Gasteiger partial charge in [0, 0.05) is 6.54 Å². The van der Waals surface area contributed by atoms with Crippen molar-refractivity contribution in [2.45, 2.75) is 26.9 Å². The van der Waals surface area contributed by atoms with Gasteiger partial charge in [0.2, 0.25) is 0 Å². The van der Waals surface area contributed by atoms with Crippen molar-refractivity contribution in [1.82, 2.24) is 5.32 Å². The highest BCUT2D eigenvalue weighted by molar-refractivity contribution is 5.91. The third-order valence-electron chi connectivity index (χ3n) is 3.25. The average molecular weight is 302 g/mol. The van der Waals surface area contributed by atoms with Gasteiger partial charge in [-0.15, -0.1) is 0 Å². The quantitative estimate of drug-likeness (QED) is 0.771. The van der Waals surface area contributed by atoms with Crippen molar-refractivity contribution in [3.8, 4) is 5.75 Å². The minimum atomic E-state index is -0.230. The molecule has 22 heavy (non-hydrogen) atoms. The Kier molecular flexibility index (Phi) is 5.61. The first-order chi connectivity index (χ1) is 10.6. The highest BCUT2D eigenvalue weighted by atomic mass is 16.5. The number of aryl methyl sites for hydroxylation is 2. The molecular formula is C17H22N2O3. The Morgan fingerprint density at radius 2 is 2.09 bits per heavy atom. The second-order valence-corrected chi connectivity index (χ2v) is 5.22. The number of nitrogens with two attached hydrogens (primary N) is 1. The molecule has 0 spiro atoms. The summed E-state index contributed by atoms with van der Waals surface area (Å²) < 4.78 is 11.2. The Bertz CT molecular complexity index is 635. The van der Waals surface area contributed by atoms with Gasteiger partial charge in [-0.3, -0.25) is 4.79 Å². The molecule has 1 aromatic carbocycles. The number of benzene rings is 1. The van der Waals surface area contributed by atoms with Gasteiger partial charge in [0.15, 0.2) is 5.76 Å². The topological polar surface area (TPSA) is 77.5 Å². The van der Waals surface area contributed by atoms with E-state index in [1.807, 2.05) is 26.0 Å². The van der Waals surface area contributed by atoms with Crippen molar-refractivity contribution in [3.63, 3.8) is 0 Å². The fraction of sp³-hybridized carbons (Fsp3) is 0.353. The number of rotatable bonds is 7. The standard InChI is InChI=1S/C17H22N2O3/c1-12-4-6-15(13(2)10-12)21-11-14-5-7-16(22-14)17(20)19-9-3-8-18/h4-7,10H,3,8-9,11,18H2,1-2H3,(H,19,20). The molecule has 2 rings (SSSR count). The fourth-order valence-corrected chi connectivity index (χ4v) is 2.08. The van der Waals surface area contributed by atoms with Gasteiger partial charge in [-0.2, -0.15) is 0 Å². The van der Waals surface area contributed by atoms with Crippen molar-refractivity contribution in [1.29, 1.82) is 0 Å². The molecule has 0 aliphatic heterocycles. The predicted molar refractivity (Wildman–Crippen MR) is 85.0 cm³/mol. The Labute approximate surface area is 130 Å². The van der Waals surface area contributed by atoms with Crippen molar-refractivity contribution < 1.29 is 13.9 Å². The maximum Gasteiger partial charge on any atom is 0.286 e. The van der Waals surface area contributed by atoms with Crippen molar-refractivity contribution in [2.75, 3.05) is 13.1 Å². The van der Waals surface area contributed by atoms with Crippen LogP contribution in [0.25, 0.3) is 0 Å². The molecule has 0 saturated carbocycles. The number of carbonyl (C=O) groups is 1. The van der Waals surface area contributed by atoms with Gasteiger partial charge in [0.1, 0.15) is 18.1 Å². The number of carbonyl (C=O) groups excluding carboxylic acids is 1. The average Bonchev–Trinajstić information content (AvgIpc) is 2.95. The van der Waals surface area contributed by atoms with Crippen LogP contribution < -0.4 is 15.8 Å². The first-order valence-electron chi connectivity index (χ1n) is 7.37. The summed E-state index contributed by atoms with van der Waals surface area (Å²) in [5, 5.41) is 2.75. The molecule has 5 nitrogen and oxygen atoms in total. The molecule has 3 N–H and O–H groups in total. The van der Waals surface area contributed by atoms with Crippen LogP contribution >= 0.6 is 0 Å². The molecule has 1 heterocycles. The summed E-state index contributed by atoms with van der Waals surface area (Å²) in [6, 6.07) is 9.41. The molecule has 1 amide bonds. The summed E-state index contributed by atoms with van der Waals surface area (Å²) in [6.45, 7) is 5.43. The van der Waals surface area contributed by atoms with Crippen LogP contribution in [0.4, 0.5) is 0 Å². The molecule has 0 bridgehead atoms. The van der Waals surface area contributed by atoms with E-state index >= 15 is 0 Å². The Morgan fingerprint density at radius 1 is 1.27 bits per heavy atom. The van der Waals surface area contributed by atoms with Gasteiger partial charge in [-0.1, -0.05) is 17.7 Å². The van der Waals surface area contributed by atoms with Gasteiger partial charge < -0.3 is 20.2 Å². The van der Waals surface area contributed by atoms with E-state index in [9.17, 15) is 4.79 Å². The molecule has 0 aliphatic rings. The Hall–Kier alpha value is -2.27. The molecule has 0 unspecified atom stereocenters. The van der Waals surface area contributed by atoms with Gasteiger partial charge in [0.25, 0.3) is 5.91 Å². The number of ether oxygens (including phenoxy) is 1. The largest absolute Gasteiger partial charge is 0.485 e. The third-order valence-corrected chi connectivity index (χ3v) is 3.25. The Balaban J connectivity index is 1.90. The van der Waals surface area contributed by atoms with E-state index in [4.69, 9.17) is 14.9 Å². The predicted octanol–water partition coefficient (Wildman–Crippen LogP) is 2.55. The highest BCUT2D eigenvalue weighted by Crippen LogP contribution is 2.20. The number of amides is 1. The van der Waals surface area contributed by atoms with Gasteiger partial charge in [0.05, 0.1) is 0 Å². The summed E-state index contributed by atoms with van der Waals surface area (Å²) in [4.78, 5) is 11.8. The van der Waals surface area contributed by atoms with Crippen molar-refractivity contribution in [2.24, 2.45) is 5.73 Å². The van der Waals surface area contributed by atoms with Gasteiger partial charge >= 0.3 is 0 Å². The summed E-state index contributed by atoms with van der Waals surface area (Å²) in [7, 11) is 0. The normalized spacial score (nSPS) is 10.5. The molecule has 0 saturated heterocycles. The van der Waals surface area contributed by atoms with E-state index in [1.54, 1.807) is 12.1 Å². The third kappa shape index (κ3) is 4.36. The van der Waals surface area contributed by atoms with Crippen LogP contribution in [0.1, 0.15) is 33.9 Å². The summed E-state index contributed by atoms with van der Waals surface area (Å²) in [6.07, 6.45) is 0.745. The lowest BCUT2D eigenvalue weighted by Crippen LogP contribution is -2.25. The van der Waals surface area contributed by atoms with Crippen LogP contribution in [0.5, 0.6) is 5.75 Å². The van der Waals surface area contributed by atoms with Crippen LogP contribution in [-0.2, 0) is 6.61 Å². The van der Waals surface area contributed by atoms with E-state index in [-0.39, 0.29) is 11.7 Å². The lowest BCUT2D eigenvalue weighted by atomic mass is 10.1.